The highest BCUT2D eigenvalue weighted by Gasteiger charge is 2.43. The lowest BCUT2D eigenvalue weighted by molar-refractivity contribution is -0.0147. The molecule has 2 bridgehead atoms. The lowest BCUT2D eigenvalue weighted by Gasteiger charge is -2.42. The molecule has 2 aliphatic heterocycles. The Bertz CT molecular complexity index is 223. The molecule has 3 N–H and O–H groups in total. The number of rotatable bonds is 6. The van der Waals surface area contributed by atoms with Crippen molar-refractivity contribution in [3.05, 3.63) is 0 Å². The number of aliphatic hydroxyl groups is 1. The lowest BCUT2D eigenvalue weighted by atomic mass is 9.96. The highest BCUT2D eigenvalue weighted by molar-refractivity contribution is 4.98. The molecule has 0 amide bonds. The molecule has 2 saturated heterocycles. The molecule has 0 aromatic heterocycles. The molecule has 0 aromatic carbocycles. The van der Waals surface area contributed by atoms with Gasteiger partial charge >= 0.3 is 0 Å². The summed E-state index contributed by atoms with van der Waals surface area (Å²) in [6, 6.07) is 1.64. The van der Waals surface area contributed by atoms with Crippen molar-refractivity contribution in [3.8, 4) is 0 Å². The van der Waals surface area contributed by atoms with Crippen LogP contribution in [-0.2, 0) is 4.74 Å². The Hall–Kier alpha value is -0.160. The van der Waals surface area contributed by atoms with Gasteiger partial charge in [-0.2, -0.15) is 0 Å². The maximum Gasteiger partial charge on any atom is 0.0618 e. The quantitative estimate of drug-likeness (QED) is 0.721. The molecule has 4 heteroatoms. The summed E-state index contributed by atoms with van der Waals surface area (Å²) >= 11 is 0. The van der Waals surface area contributed by atoms with Gasteiger partial charge < -0.3 is 15.6 Å². The number of aliphatic hydroxyl groups excluding tert-OH is 1. The van der Waals surface area contributed by atoms with Crippen molar-refractivity contribution in [1.82, 2.24) is 4.90 Å². The molecule has 100 valence electrons. The van der Waals surface area contributed by atoms with Crippen molar-refractivity contribution in [2.24, 2.45) is 5.73 Å². The first-order chi connectivity index (χ1) is 8.26. The molecular weight excluding hydrogens is 216 g/mol. The largest absolute Gasteiger partial charge is 0.393 e. The van der Waals surface area contributed by atoms with Crippen molar-refractivity contribution in [3.63, 3.8) is 0 Å². The second-order valence-corrected chi connectivity index (χ2v) is 5.50. The smallest absolute Gasteiger partial charge is 0.0618 e. The fourth-order valence-corrected chi connectivity index (χ4v) is 3.65. The van der Waals surface area contributed by atoms with E-state index in [9.17, 15) is 5.11 Å². The minimum atomic E-state index is -0.0820. The molecule has 2 aliphatic rings. The average Bonchev–Trinajstić information content (AvgIpc) is 2.57. The first-order valence-electron chi connectivity index (χ1n) is 6.90. The van der Waals surface area contributed by atoms with E-state index in [1.54, 1.807) is 7.11 Å². The fourth-order valence-electron chi connectivity index (χ4n) is 3.65. The minimum Gasteiger partial charge on any atom is -0.393 e. The van der Waals surface area contributed by atoms with E-state index >= 15 is 0 Å². The topological polar surface area (TPSA) is 58.7 Å². The molecule has 2 rings (SSSR count). The average molecular weight is 242 g/mol. The molecule has 2 heterocycles. The van der Waals surface area contributed by atoms with Crippen LogP contribution in [0.1, 0.15) is 38.5 Å². The number of piperidine rings is 1. The Morgan fingerprint density at radius 1 is 1.35 bits per heavy atom. The number of hydrogen-bond donors (Lipinski definition) is 2. The molecule has 17 heavy (non-hydrogen) atoms. The van der Waals surface area contributed by atoms with Gasteiger partial charge in [0.15, 0.2) is 0 Å². The van der Waals surface area contributed by atoms with E-state index in [4.69, 9.17) is 10.5 Å². The molecule has 2 fully saturated rings. The van der Waals surface area contributed by atoms with Gasteiger partial charge in [0.05, 0.1) is 12.7 Å². The normalized spacial score (nSPS) is 35.1. The summed E-state index contributed by atoms with van der Waals surface area (Å²) < 4.78 is 5.36. The third-order valence-electron chi connectivity index (χ3n) is 4.29. The molecule has 0 radical (unpaired) electrons. The van der Waals surface area contributed by atoms with Gasteiger partial charge in [-0.25, -0.2) is 0 Å². The molecule has 3 unspecified atom stereocenters. The number of hydrogen-bond acceptors (Lipinski definition) is 4. The minimum absolute atomic E-state index is 0.0820. The van der Waals surface area contributed by atoms with E-state index in [0.717, 1.165) is 38.8 Å². The fraction of sp³-hybridized carbons (Fsp3) is 1.00. The number of ether oxygens (including phenoxy) is 1. The van der Waals surface area contributed by atoms with Gasteiger partial charge in [-0.05, 0) is 45.1 Å². The zero-order valence-corrected chi connectivity index (χ0v) is 10.8. The van der Waals surface area contributed by atoms with Crippen LogP contribution < -0.4 is 5.73 Å². The van der Waals surface area contributed by atoms with Crippen LogP contribution in [0.15, 0.2) is 0 Å². The highest BCUT2D eigenvalue weighted by atomic mass is 16.5. The first-order valence-corrected chi connectivity index (χ1v) is 6.90. The number of methoxy groups -OCH3 is 1. The standard InChI is InChI=1S/C13H26N2O2/c1-17-9-12(3-2-6-14)15-10-4-5-11(15)8-13(16)7-10/h10-13,16H,2-9,14H2,1H3. The van der Waals surface area contributed by atoms with Crippen LogP contribution in [-0.4, -0.2) is 54.5 Å². The van der Waals surface area contributed by atoms with Crippen molar-refractivity contribution < 1.29 is 9.84 Å². The molecule has 4 nitrogen and oxygen atoms in total. The predicted octanol–water partition coefficient (Wildman–Crippen LogP) is 0.728. The first kappa shape index (κ1) is 13.3. The van der Waals surface area contributed by atoms with Crippen LogP contribution in [0.2, 0.25) is 0 Å². The van der Waals surface area contributed by atoms with E-state index < -0.39 is 0 Å². The van der Waals surface area contributed by atoms with Gasteiger partial charge in [-0.3, -0.25) is 4.90 Å². The van der Waals surface area contributed by atoms with Crippen LogP contribution in [0.4, 0.5) is 0 Å². The molecule has 0 aliphatic carbocycles. The van der Waals surface area contributed by atoms with E-state index in [1.165, 1.54) is 12.8 Å². The molecular formula is C13H26N2O2. The van der Waals surface area contributed by atoms with Gasteiger partial charge in [0.25, 0.3) is 0 Å². The third kappa shape index (κ3) is 2.99. The van der Waals surface area contributed by atoms with Crippen molar-refractivity contribution in [1.29, 1.82) is 0 Å². The summed E-state index contributed by atoms with van der Waals surface area (Å²) in [6.45, 7) is 1.55. The second-order valence-electron chi connectivity index (χ2n) is 5.50. The second kappa shape index (κ2) is 6.14. The molecule has 0 aromatic rings. The summed E-state index contributed by atoms with van der Waals surface area (Å²) in [7, 11) is 1.77. The van der Waals surface area contributed by atoms with Crippen molar-refractivity contribution in [2.75, 3.05) is 20.3 Å². The number of nitrogens with two attached hydrogens (primary N) is 1. The number of fused-ring (bicyclic) bond motifs is 2. The Morgan fingerprint density at radius 2 is 2.00 bits per heavy atom. The van der Waals surface area contributed by atoms with Crippen molar-refractivity contribution in [2.45, 2.75) is 62.8 Å². The summed E-state index contributed by atoms with van der Waals surface area (Å²) in [6.07, 6.45) is 6.47. The Labute approximate surface area is 104 Å². The van der Waals surface area contributed by atoms with Crippen LogP contribution >= 0.6 is 0 Å². The van der Waals surface area contributed by atoms with Crippen LogP contribution in [0, 0.1) is 0 Å². The van der Waals surface area contributed by atoms with E-state index in [-0.39, 0.29) is 6.10 Å². The summed E-state index contributed by atoms with van der Waals surface area (Å²) in [4.78, 5) is 2.62. The van der Waals surface area contributed by atoms with E-state index in [1.807, 2.05) is 0 Å². The third-order valence-corrected chi connectivity index (χ3v) is 4.29. The predicted molar refractivity (Wildman–Crippen MR) is 67.8 cm³/mol. The summed E-state index contributed by atoms with van der Waals surface area (Å²) in [5, 5.41) is 9.82. The van der Waals surface area contributed by atoms with Gasteiger partial charge in [-0.15, -0.1) is 0 Å². The lowest BCUT2D eigenvalue weighted by Crippen LogP contribution is -2.51. The monoisotopic (exact) mass is 242 g/mol. The molecule has 0 saturated carbocycles. The highest BCUT2D eigenvalue weighted by Crippen LogP contribution is 2.38. The van der Waals surface area contributed by atoms with Gasteiger partial charge in [0.2, 0.25) is 0 Å². The molecule has 0 spiro atoms. The van der Waals surface area contributed by atoms with Gasteiger partial charge in [-0.1, -0.05) is 0 Å². The SMILES string of the molecule is COCC(CCCN)N1C2CCC1CC(O)C2. The Morgan fingerprint density at radius 3 is 2.53 bits per heavy atom. The number of nitrogens with zero attached hydrogens (tertiary/aromatic N) is 1. The van der Waals surface area contributed by atoms with Crippen LogP contribution in [0.3, 0.4) is 0 Å². The van der Waals surface area contributed by atoms with E-state index in [0.29, 0.717) is 18.1 Å². The maximum atomic E-state index is 9.82. The summed E-state index contributed by atoms with van der Waals surface area (Å²) in [5.41, 5.74) is 5.61. The zero-order chi connectivity index (χ0) is 12.3. The summed E-state index contributed by atoms with van der Waals surface area (Å²) in [5.74, 6) is 0. The van der Waals surface area contributed by atoms with Gasteiger partial charge in [0, 0.05) is 25.2 Å². The van der Waals surface area contributed by atoms with Crippen LogP contribution in [0.25, 0.3) is 0 Å². The Kier molecular flexibility index (Phi) is 4.79. The van der Waals surface area contributed by atoms with Crippen LogP contribution in [0.5, 0.6) is 0 Å². The maximum absolute atomic E-state index is 9.82. The van der Waals surface area contributed by atoms with Crippen molar-refractivity contribution >= 4 is 0 Å². The molecule has 3 atom stereocenters. The van der Waals surface area contributed by atoms with Gasteiger partial charge in [0.1, 0.15) is 0 Å². The zero-order valence-electron chi connectivity index (χ0n) is 10.8. The van der Waals surface area contributed by atoms with E-state index in [2.05, 4.69) is 4.90 Å². The Balaban J connectivity index is 1.98.